The minimum absolute atomic E-state index is 0.310. The van der Waals surface area contributed by atoms with Crippen LogP contribution in [0, 0.1) is 0 Å². The Morgan fingerprint density at radius 2 is 2.15 bits per heavy atom. The smallest absolute Gasteiger partial charge is 0.371 e. The third-order valence-electron chi connectivity index (χ3n) is 2.10. The number of carbonyl (C=O) groups is 2. The van der Waals surface area contributed by atoms with Crippen LogP contribution in [0.15, 0.2) is 20.0 Å². The number of nitrogens with one attached hydrogen (secondary N) is 1. The van der Waals surface area contributed by atoms with Gasteiger partial charge < -0.3 is 19.4 Å². The average Bonchev–Trinajstić information content (AvgIpc) is 2.78. The van der Waals surface area contributed by atoms with Crippen LogP contribution in [0.5, 0.6) is 0 Å². The predicted octanol–water partition coefficient (Wildman–Crippen LogP) is -0.448. The minimum Gasteiger partial charge on any atom is -0.475 e. The maximum Gasteiger partial charge on any atom is 0.371 e. The molecular weight excluding hydrogens is 362 g/mol. The number of rotatable bonds is 6. The van der Waals surface area contributed by atoms with E-state index in [1.54, 1.807) is 0 Å². The lowest BCUT2D eigenvalue weighted by Crippen LogP contribution is -2.37. The lowest BCUT2D eigenvalue weighted by molar-refractivity contribution is -0.149. The minimum atomic E-state index is -4.16. The number of sulfonamides is 1. The zero-order chi connectivity index (χ0) is 15.5. The lowest BCUT2D eigenvalue weighted by Gasteiger charge is -2.09. The number of halogens is 1. The number of aliphatic hydroxyl groups is 1. The maximum atomic E-state index is 11.8. The Bertz CT molecular complexity index is 622. The van der Waals surface area contributed by atoms with Crippen LogP contribution >= 0.6 is 15.9 Å². The molecule has 0 aromatic carbocycles. The van der Waals surface area contributed by atoms with Crippen molar-refractivity contribution in [2.75, 3.05) is 13.7 Å². The van der Waals surface area contributed by atoms with Crippen LogP contribution in [-0.4, -0.2) is 50.3 Å². The van der Waals surface area contributed by atoms with Gasteiger partial charge in [0.15, 0.2) is 10.8 Å². The second-order valence-corrected chi connectivity index (χ2v) is 5.90. The van der Waals surface area contributed by atoms with Crippen molar-refractivity contribution in [3.05, 3.63) is 16.5 Å². The van der Waals surface area contributed by atoms with Crippen molar-refractivity contribution in [2.24, 2.45) is 0 Å². The van der Waals surface area contributed by atoms with E-state index in [1.165, 1.54) is 0 Å². The number of hydrogen-bond acceptors (Lipinski definition) is 7. The molecule has 0 aliphatic carbocycles. The van der Waals surface area contributed by atoms with Crippen molar-refractivity contribution in [3.63, 3.8) is 0 Å². The van der Waals surface area contributed by atoms with E-state index in [9.17, 15) is 23.1 Å². The van der Waals surface area contributed by atoms with E-state index >= 15 is 0 Å². The molecule has 20 heavy (non-hydrogen) atoms. The van der Waals surface area contributed by atoms with E-state index < -0.39 is 45.3 Å². The van der Waals surface area contributed by atoms with Crippen LogP contribution in [0.3, 0.4) is 0 Å². The van der Waals surface area contributed by atoms with Gasteiger partial charge in [0, 0.05) is 12.6 Å². The van der Waals surface area contributed by atoms with Crippen LogP contribution in [-0.2, 0) is 19.6 Å². The fourth-order valence-electron chi connectivity index (χ4n) is 1.13. The van der Waals surface area contributed by atoms with Gasteiger partial charge in [0.25, 0.3) is 0 Å². The predicted molar refractivity (Wildman–Crippen MR) is 66.6 cm³/mol. The molecule has 11 heteroatoms. The van der Waals surface area contributed by atoms with Gasteiger partial charge in [0.05, 0.1) is 7.11 Å². The van der Waals surface area contributed by atoms with Gasteiger partial charge in [-0.3, -0.25) is 0 Å². The summed E-state index contributed by atoms with van der Waals surface area (Å²) in [6, 6.07) is 0.791. The summed E-state index contributed by atoms with van der Waals surface area (Å²) in [5, 5.41) is 17.9. The Morgan fingerprint density at radius 1 is 1.55 bits per heavy atom. The Hall–Kier alpha value is -1.43. The first kappa shape index (κ1) is 16.6. The standard InChI is InChI=1S/C9H10BrNO8S/c1-18-9(15)4(12)3-11-20(16,17)6-2-5(8(13)14)19-7(6)10/h2,4,11-12H,3H2,1H3,(H,13,14). The van der Waals surface area contributed by atoms with Crippen LogP contribution in [0.4, 0.5) is 0 Å². The summed E-state index contributed by atoms with van der Waals surface area (Å²) in [4.78, 5) is 21.1. The number of furan rings is 1. The number of carbonyl (C=O) groups excluding carboxylic acids is 1. The summed E-state index contributed by atoms with van der Waals surface area (Å²) < 4.78 is 34.2. The third kappa shape index (κ3) is 3.79. The molecule has 0 fully saturated rings. The summed E-state index contributed by atoms with van der Waals surface area (Å²) in [5.41, 5.74) is 0. The van der Waals surface area contributed by atoms with Crippen LogP contribution in [0.1, 0.15) is 10.6 Å². The first-order chi connectivity index (χ1) is 9.19. The number of hydrogen-bond donors (Lipinski definition) is 3. The van der Waals surface area contributed by atoms with Gasteiger partial charge in [0.1, 0.15) is 4.90 Å². The number of carboxylic acid groups (broad SMARTS) is 1. The third-order valence-corrected chi connectivity index (χ3v) is 4.38. The van der Waals surface area contributed by atoms with Crippen molar-refractivity contribution < 1.29 is 37.4 Å². The molecule has 112 valence electrons. The van der Waals surface area contributed by atoms with Gasteiger partial charge >= 0.3 is 11.9 Å². The summed E-state index contributed by atoms with van der Waals surface area (Å²) >= 11 is 2.77. The van der Waals surface area contributed by atoms with E-state index in [4.69, 9.17) is 5.11 Å². The Labute approximate surface area is 121 Å². The van der Waals surface area contributed by atoms with Gasteiger partial charge in [0.2, 0.25) is 15.8 Å². The molecule has 0 aliphatic rings. The normalized spacial score (nSPS) is 12.9. The van der Waals surface area contributed by atoms with Crippen molar-refractivity contribution in [2.45, 2.75) is 11.0 Å². The van der Waals surface area contributed by atoms with Crippen LogP contribution in [0.25, 0.3) is 0 Å². The molecule has 1 unspecified atom stereocenters. The number of esters is 1. The zero-order valence-electron chi connectivity index (χ0n) is 9.99. The van der Waals surface area contributed by atoms with E-state index in [0.29, 0.717) is 0 Å². The molecule has 0 radical (unpaired) electrons. The molecule has 1 rings (SSSR count). The molecule has 0 spiro atoms. The lowest BCUT2D eigenvalue weighted by atomic mass is 10.4. The quantitative estimate of drug-likeness (QED) is 0.570. The molecule has 0 saturated carbocycles. The molecule has 0 saturated heterocycles. The monoisotopic (exact) mass is 371 g/mol. The van der Waals surface area contributed by atoms with E-state index in [1.807, 2.05) is 4.72 Å². The molecule has 1 aromatic heterocycles. The molecule has 1 atom stereocenters. The number of ether oxygens (including phenoxy) is 1. The highest BCUT2D eigenvalue weighted by molar-refractivity contribution is 9.10. The summed E-state index contributed by atoms with van der Waals surface area (Å²) in [7, 11) is -3.13. The first-order valence-electron chi connectivity index (χ1n) is 4.97. The summed E-state index contributed by atoms with van der Waals surface area (Å²) in [5.74, 6) is -3.03. The van der Waals surface area contributed by atoms with Crippen molar-refractivity contribution in [3.8, 4) is 0 Å². The van der Waals surface area contributed by atoms with E-state index in [0.717, 1.165) is 13.2 Å². The Balaban J connectivity index is 2.89. The molecule has 0 amide bonds. The second kappa shape index (κ2) is 6.35. The zero-order valence-corrected chi connectivity index (χ0v) is 12.4. The highest BCUT2D eigenvalue weighted by Gasteiger charge is 2.26. The first-order valence-corrected chi connectivity index (χ1v) is 7.25. The van der Waals surface area contributed by atoms with Crippen molar-refractivity contribution in [1.82, 2.24) is 4.72 Å². The largest absolute Gasteiger partial charge is 0.475 e. The van der Waals surface area contributed by atoms with Gasteiger partial charge in [-0.05, 0) is 15.9 Å². The maximum absolute atomic E-state index is 11.8. The molecule has 0 aliphatic heterocycles. The number of aliphatic hydroxyl groups excluding tert-OH is 1. The van der Waals surface area contributed by atoms with Crippen LogP contribution in [0.2, 0.25) is 0 Å². The SMILES string of the molecule is COC(=O)C(O)CNS(=O)(=O)c1cc(C(=O)O)oc1Br. The Morgan fingerprint density at radius 3 is 2.60 bits per heavy atom. The molecule has 9 nitrogen and oxygen atoms in total. The summed E-state index contributed by atoms with van der Waals surface area (Å²) in [6.07, 6.45) is -1.68. The number of methoxy groups -OCH3 is 1. The molecule has 0 bridgehead atoms. The van der Waals surface area contributed by atoms with Gasteiger partial charge in [-0.15, -0.1) is 0 Å². The van der Waals surface area contributed by atoms with Crippen molar-refractivity contribution >= 4 is 37.9 Å². The molecule has 3 N–H and O–H groups in total. The fraction of sp³-hybridized carbons (Fsp3) is 0.333. The second-order valence-electron chi connectivity index (χ2n) is 3.44. The van der Waals surface area contributed by atoms with Gasteiger partial charge in [-0.1, -0.05) is 0 Å². The topological polar surface area (TPSA) is 143 Å². The number of carboxylic acids is 1. The highest BCUT2D eigenvalue weighted by atomic mass is 79.9. The fourth-order valence-corrected chi connectivity index (χ4v) is 3.10. The van der Waals surface area contributed by atoms with Gasteiger partial charge in [-0.25, -0.2) is 22.7 Å². The van der Waals surface area contributed by atoms with Crippen molar-refractivity contribution in [1.29, 1.82) is 0 Å². The van der Waals surface area contributed by atoms with Crippen LogP contribution < -0.4 is 4.72 Å². The number of aromatic carboxylic acids is 1. The average molecular weight is 372 g/mol. The summed E-state index contributed by atoms with van der Waals surface area (Å²) in [6.45, 7) is -0.630. The van der Waals surface area contributed by atoms with E-state index in [-0.39, 0.29) is 4.67 Å². The van der Waals surface area contributed by atoms with E-state index in [2.05, 4.69) is 25.1 Å². The highest BCUT2D eigenvalue weighted by Crippen LogP contribution is 2.25. The van der Waals surface area contributed by atoms with Gasteiger partial charge in [-0.2, -0.15) is 0 Å². The molecule has 1 heterocycles. The molecular formula is C9H10BrNO8S. The molecule has 1 aromatic rings. The Kier molecular flexibility index (Phi) is 5.28.